The number of aromatic nitrogens is 2. The molecule has 0 N–H and O–H groups in total. The Morgan fingerprint density at radius 1 is 1.50 bits per heavy atom. The largest absolute Gasteiger partial charge is 0.467 e. The molecule has 3 nitrogen and oxygen atoms in total. The molecule has 1 aromatic heterocycles. The van der Waals surface area contributed by atoms with Gasteiger partial charge in [0.15, 0.2) is 6.61 Å². The van der Waals surface area contributed by atoms with E-state index < -0.39 is 12.8 Å². The van der Waals surface area contributed by atoms with E-state index in [4.69, 9.17) is 0 Å². The fourth-order valence-electron chi connectivity index (χ4n) is 1.03. The van der Waals surface area contributed by atoms with Crippen LogP contribution in [0.3, 0.4) is 0 Å². The Hall–Kier alpha value is -1.20. The highest BCUT2D eigenvalue weighted by Crippen LogP contribution is 2.20. The zero-order valence-electron chi connectivity index (χ0n) is 7.93. The summed E-state index contributed by atoms with van der Waals surface area (Å²) >= 11 is 0. The van der Waals surface area contributed by atoms with Crippen molar-refractivity contribution in [3.8, 4) is 5.88 Å². The summed E-state index contributed by atoms with van der Waals surface area (Å²) in [5, 5.41) is 3.78. The molecular formula is C8H11F3N2O. The molecule has 0 saturated carbocycles. The monoisotopic (exact) mass is 208 g/mol. The molecule has 1 heterocycles. The van der Waals surface area contributed by atoms with Gasteiger partial charge in [-0.05, 0) is 6.42 Å². The Balaban J connectivity index is 2.66. The Morgan fingerprint density at radius 3 is 2.64 bits per heavy atom. The number of aryl methyl sites for hydroxylation is 2. The Kier molecular flexibility index (Phi) is 3.03. The molecule has 0 radical (unpaired) electrons. The molecule has 14 heavy (non-hydrogen) atoms. The van der Waals surface area contributed by atoms with Crippen molar-refractivity contribution in [2.45, 2.75) is 19.5 Å². The standard InChI is InChI=1S/C8H11F3N2O/c1-3-6-4-13(2)12-7(6)14-5-8(9,10)11/h4H,3,5H2,1-2H3. The molecule has 0 aliphatic heterocycles. The van der Waals surface area contributed by atoms with Crippen molar-refractivity contribution in [1.82, 2.24) is 9.78 Å². The van der Waals surface area contributed by atoms with Crippen LogP contribution in [0.1, 0.15) is 12.5 Å². The third kappa shape index (κ3) is 2.93. The molecule has 0 unspecified atom stereocenters. The fourth-order valence-corrected chi connectivity index (χ4v) is 1.03. The minimum atomic E-state index is -4.32. The molecule has 0 fully saturated rings. The van der Waals surface area contributed by atoms with E-state index in [2.05, 4.69) is 9.84 Å². The van der Waals surface area contributed by atoms with Crippen LogP contribution in [0.15, 0.2) is 6.20 Å². The lowest BCUT2D eigenvalue weighted by Gasteiger charge is -2.07. The molecule has 0 bridgehead atoms. The van der Waals surface area contributed by atoms with Crippen LogP contribution in [-0.2, 0) is 13.5 Å². The van der Waals surface area contributed by atoms with Gasteiger partial charge in [-0.25, -0.2) is 0 Å². The maximum absolute atomic E-state index is 11.8. The summed E-state index contributed by atoms with van der Waals surface area (Å²) in [5.74, 6) is 0.0623. The number of halogens is 3. The number of hydrogen-bond donors (Lipinski definition) is 0. The maximum Gasteiger partial charge on any atom is 0.422 e. The van der Waals surface area contributed by atoms with E-state index in [0.29, 0.717) is 12.0 Å². The predicted molar refractivity (Wildman–Crippen MR) is 44.1 cm³/mol. The van der Waals surface area contributed by atoms with Gasteiger partial charge >= 0.3 is 6.18 Å². The Labute approximate surface area is 79.5 Å². The average Bonchev–Trinajstić information content (AvgIpc) is 2.41. The molecule has 0 aliphatic carbocycles. The minimum Gasteiger partial charge on any atom is -0.467 e. The molecule has 0 amide bonds. The lowest BCUT2D eigenvalue weighted by Crippen LogP contribution is -2.19. The third-order valence-corrected chi connectivity index (χ3v) is 1.62. The first-order chi connectivity index (χ1) is 6.42. The van der Waals surface area contributed by atoms with Gasteiger partial charge in [-0.3, -0.25) is 4.68 Å². The van der Waals surface area contributed by atoms with Crippen LogP contribution in [0.4, 0.5) is 13.2 Å². The first-order valence-electron chi connectivity index (χ1n) is 4.14. The van der Waals surface area contributed by atoms with Gasteiger partial charge in [0.2, 0.25) is 5.88 Å². The topological polar surface area (TPSA) is 27.1 Å². The van der Waals surface area contributed by atoms with Crippen molar-refractivity contribution in [3.05, 3.63) is 11.8 Å². The van der Waals surface area contributed by atoms with Crippen LogP contribution >= 0.6 is 0 Å². The van der Waals surface area contributed by atoms with Gasteiger partial charge in [0, 0.05) is 18.8 Å². The van der Waals surface area contributed by atoms with Crippen molar-refractivity contribution in [2.75, 3.05) is 6.61 Å². The molecule has 0 spiro atoms. The zero-order valence-corrected chi connectivity index (χ0v) is 7.93. The van der Waals surface area contributed by atoms with E-state index in [9.17, 15) is 13.2 Å². The smallest absolute Gasteiger partial charge is 0.422 e. The number of hydrogen-bond acceptors (Lipinski definition) is 2. The van der Waals surface area contributed by atoms with Crippen molar-refractivity contribution in [3.63, 3.8) is 0 Å². The van der Waals surface area contributed by atoms with Crippen molar-refractivity contribution >= 4 is 0 Å². The molecule has 0 aliphatic rings. The highest BCUT2D eigenvalue weighted by Gasteiger charge is 2.29. The maximum atomic E-state index is 11.8. The Morgan fingerprint density at radius 2 is 2.14 bits per heavy atom. The summed E-state index contributed by atoms with van der Waals surface area (Å²) in [6.07, 6.45) is -2.07. The number of nitrogens with zero attached hydrogens (tertiary/aromatic N) is 2. The van der Waals surface area contributed by atoms with E-state index in [1.165, 1.54) is 4.68 Å². The van der Waals surface area contributed by atoms with E-state index in [0.717, 1.165) is 0 Å². The van der Waals surface area contributed by atoms with Gasteiger partial charge in [-0.1, -0.05) is 6.92 Å². The van der Waals surface area contributed by atoms with Crippen LogP contribution in [0.5, 0.6) is 5.88 Å². The van der Waals surface area contributed by atoms with E-state index in [1.54, 1.807) is 13.2 Å². The summed E-state index contributed by atoms with van der Waals surface area (Å²) in [6.45, 7) is 0.536. The molecule has 0 saturated heterocycles. The molecule has 1 rings (SSSR count). The molecule has 0 aromatic carbocycles. The quantitative estimate of drug-likeness (QED) is 0.758. The van der Waals surface area contributed by atoms with Crippen LogP contribution in [-0.4, -0.2) is 22.6 Å². The zero-order chi connectivity index (χ0) is 10.8. The second kappa shape index (κ2) is 3.89. The van der Waals surface area contributed by atoms with E-state index in [-0.39, 0.29) is 5.88 Å². The summed E-state index contributed by atoms with van der Waals surface area (Å²) < 4.78 is 41.5. The lowest BCUT2D eigenvalue weighted by molar-refractivity contribution is -0.154. The minimum absolute atomic E-state index is 0.0623. The van der Waals surface area contributed by atoms with Crippen LogP contribution in [0.25, 0.3) is 0 Å². The van der Waals surface area contributed by atoms with Gasteiger partial charge in [0.05, 0.1) is 0 Å². The normalized spacial score (nSPS) is 11.8. The fraction of sp³-hybridized carbons (Fsp3) is 0.625. The van der Waals surface area contributed by atoms with Crippen LogP contribution in [0.2, 0.25) is 0 Å². The van der Waals surface area contributed by atoms with Crippen LogP contribution < -0.4 is 4.74 Å². The third-order valence-electron chi connectivity index (χ3n) is 1.62. The van der Waals surface area contributed by atoms with Gasteiger partial charge in [-0.15, -0.1) is 5.10 Å². The molecule has 80 valence electrons. The summed E-state index contributed by atoms with van der Waals surface area (Å²) in [5.41, 5.74) is 0.678. The SMILES string of the molecule is CCc1cn(C)nc1OCC(F)(F)F. The summed E-state index contributed by atoms with van der Waals surface area (Å²) in [4.78, 5) is 0. The van der Waals surface area contributed by atoms with E-state index in [1.807, 2.05) is 6.92 Å². The number of alkyl halides is 3. The van der Waals surface area contributed by atoms with Crippen molar-refractivity contribution < 1.29 is 17.9 Å². The van der Waals surface area contributed by atoms with Crippen molar-refractivity contribution in [1.29, 1.82) is 0 Å². The average molecular weight is 208 g/mol. The summed E-state index contributed by atoms with van der Waals surface area (Å²) in [6, 6.07) is 0. The van der Waals surface area contributed by atoms with Crippen LogP contribution in [0, 0.1) is 0 Å². The highest BCUT2D eigenvalue weighted by molar-refractivity contribution is 5.22. The van der Waals surface area contributed by atoms with Gasteiger partial charge in [0.25, 0.3) is 0 Å². The molecule has 1 aromatic rings. The molecule has 6 heteroatoms. The second-order valence-corrected chi connectivity index (χ2v) is 2.89. The number of rotatable bonds is 3. The van der Waals surface area contributed by atoms with Crippen molar-refractivity contribution in [2.24, 2.45) is 7.05 Å². The first kappa shape index (κ1) is 10.9. The predicted octanol–water partition coefficient (Wildman–Crippen LogP) is 1.92. The van der Waals surface area contributed by atoms with Gasteiger partial charge in [-0.2, -0.15) is 13.2 Å². The lowest BCUT2D eigenvalue weighted by atomic mass is 10.3. The van der Waals surface area contributed by atoms with E-state index >= 15 is 0 Å². The number of ether oxygens (including phenoxy) is 1. The van der Waals surface area contributed by atoms with Gasteiger partial charge < -0.3 is 4.74 Å². The first-order valence-corrected chi connectivity index (χ1v) is 4.14. The second-order valence-electron chi connectivity index (χ2n) is 2.89. The van der Waals surface area contributed by atoms with Gasteiger partial charge in [0.1, 0.15) is 0 Å². The molecular weight excluding hydrogens is 197 g/mol. The Bertz CT molecular complexity index is 306. The molecule has 0 atom stereocenters. The summed E-state index contributed by atoms with van der Waals surface area (Å²) in [7, 11) is 1.64. The highest BCUT2D eigenvalue weighted by atomic mass is 19.4.